The van der Waals surface area contributed by atoms with E-state index in [1.807, 2.05) is 0 Å². The fourth-order valence-corrected chi connectivity index (χ4v) is 5.55. The van der Waals surface area contributed by atoms with Gasteiger partial charge in [-0.15, -0.1) is 11.3 Å². The van der Waals surface area contributed by atoms with Crippen molar-refractivity contribution in [3.05, 3.63) is 45.8 Å². The van der Waals surface area contributed by atoms with Crippen LogP contribution in [0.5, 0.6) is 0 Å². The summed E-state index contributed by atoms with van der Waals surface area (Å²) in [5.74, 6) is 0.0588. The van der Waals surface area contributed by atoms with E-state index in [2.05, 4.69) is 65.6 Å². The van der Waals surface area contributed by atoms with Gasteiger partial charge >= 0.3 is 0 Å². The molecular weight excluding hydrogens is 368 g/mol. The van der Waals surface area contributed by atoms with E-state index in [0.717, 1.165) is 61.6 Å². The van der Waals surface area contributed by atoms with Crippen molar-refractivity contribution in [2.24, 2.45) is 0 Å². The summed E-state index contributed by atoms with van der Waals surface area (Å²) in [5, 5.41) is 7.76. The highest BCUT2D eigenvalue weighted by molar-refractivity contribution is 7.16. The van der Waals surface area contributed by atoms with Crippen LogP contribution in [0.25, 0.3) is 0 Å². The maximum Gasteiger partial charge on any atom is 0.256 e. The monoisotopic (exact) mass is 398 g/mol. The van der Waals surface area contributed by atoms with E-state index in [1.54, 1.807) is 11.3 Å². The molecule has 0 saturated heterocycles. The van der Waals surface area contributed by atoms with Gasteiger partial charge in [-0.1, -0.05) is 26.0 Å². The smallest absolute Gasteiger partial charge is 0.256 e. The molecule has 0 fully saturated rings. The lowest BCUT2D eigenvalue weighted by atomic mass is 10.0. The Morgan fingerprint density at radius 1 is 1.14 bits per heavy atom. The highest BCUT2D eigenvalue weighted by Gasteiger charge is 2.32. The Labute approximate surface area is 171 Å². The Hall–Kier alpha value is -2.05. The number of hydrogen-bond acceptors (Lipinski definition) is 5. The number of nitrogens with zero attached hydrogens (tertiary/aromatic N) is 2. The molecule has 2 aliphatic rings. The molecule has 0 bridgehead atoms. The molecule has 5 nitrogen and oxygen atoms in total. The molecule has 1 unspecified atom stereocenters. The number of amides is 1. The minimum absolute atomic E-state index is 0.0588. The standard InChI is InChI=1S/C22H30N4OS/c1-4-11-26(12-5-2)16-8-6-15(7-9-16)20-23-21(27)19-17-10-13-25(3)14-18(17)28-22(19)24-20/h6-9,20,24H,4-5,10-14H2,1-3H3,(H,23,27). The fraction of sp³-hybridized carbons (Fsp3) is 0.500. The van der Waals surface area contributed by atoms with E-state index in [4.69, 9.17) is 0 Å². The van der Waals surface area contributed by atoms with E-state index < -0.39 is 0 Å². The average Bonchev–Trinajstić information content (AvgIpc) is 3.05. The number of carbonyl (C=O) groups is 1. The molecule has 4 rings (SSSR count). The molecule has 0 aliphatic carbocycles. The fourth-order valence-electron chi connectivity index (χ4n) is 4.20. The number of carbonyl (C=O) groups excluding carboxylic acids is 1. The highest BCUT2D eigenvalue weighted by atomic mass is 32.1. The van der Waals surface area contributed by atoms with Gasteiger partial charge in [0.05, 0.1) is 5.56 Å². The molecule has 1 aromatic carbocycles. The zero-order valence-corrected chi connectivity index (χ0v) is 17.9. The van der Waals surface area contributed by atoms with Crippen LogP contribution in [-0.4, -0.2) is 37.5 Å². The van der Waals surface area contributed by atoms with Crippen molar-refractivity contribution in [3.8, 4) is 0 Å². The largest absolute Gasteiger partial charge is 0.372 e. The second-order valence-electron chi connectivity index (χ2n) is 7.83. The molecule has 1 atom stereocenters. The van der Waals surface area contributed by atoms with Crippen LogP contribution < -0.4 is 15.5 Å². The number of anilines is 2. The Balaban J connectivity index is 1.54. The number of hydrogen-bond donors (Lipinski definition) is 2. The Morgan fingerprint density at radius 2 is 1.86 bits per heavy atom. The summed E-state index contributed by atoms with van der Waals surface area (Å²) in [6.07, 6.45) is 3.07. The van der Waals surface area contributed by atoms with E-state index >= 15 is 0 Å². The van der Waals surface area contributed by atoms with Gasteiger partial charge in [0.15, 0.2) is 0 Å². The van der Waals surface area contributed by atoms with Crippen LogP contribution in [0.1, 0.15) is 59.2 Å². The molecule has 0 saturated carbocycles. The van der Waals surface area contributed by atoms with Crippen molar-refractivity contribution in [2.75, 3.05) is 36.9 Å². The van der Waals surface area contributed by atoms with Crippen molar-refractivity contribution < 1.29 is 4.79 Å². The second-order valence-corrected chi connectivity index (χ2v) is 8.93. The molecular formula is C22H30N4OS. The van der Waals surface area contributed by atoms with E-state index in [-0.39, 0.29) is 12.1 Å². The topological polar surface area (TPSA) is 47.6 Å². The van der Waals surface area contributed by atoms with Gasteiger partial charge in [-0.2, -0.15) is 0 Å². The van der Waals surface area contributed by atoms with Crippen LogP contribution >= 0.6 is 11.3 Å². The Morgan fingerprint density at radius 3 is 2.54 bits per heavy atom. The normalized spacial score (nSPS) is 18.8. The van der Waals surface area contributed by atoms with Crippen LogP contribution in [-0.2, 0) is 13.0 Å². The average molecular weight is 399 g/mol. The predicted octanol–water partition coefficient (Wildman–Crippen LogP) is 4.22. The first-order valence-electron chi connectivity index (χ1n) is 10.4. The summed E-state index contributed by atoms with van der Waals surface area (Å²) in [6, 6.07) is 8.63. The number of thiophene rings is 1. The molecule has 2 aromatic rings. The van der Waals surface area contributed by atoms with Crippen molar-refractivity contribution in [2.45, 2.75) is 45.8 Å². The van der Waals surface area contributed by atoms with Crippen molar-refractivity contribution >= 4 is 27.9 Å². The molecule has 6 heteroatoms. The predicted molar refractivity (Wildman–Crippen MR) is 117 cm³/mol. The van der Waals surface area contributed by atoms with E-state index in [1.165, 1.54) is 16.1 Å². The van der Waals surface area contributed by atoms with Gasteiger partial charge in [0.1, 0.15) is 11.2 Å². The lowest BCUT2D eigenvalue weighted by Gasteiger charge is -2.28. The maximum absolute atomic E-state index is 12.9. The highest BCUT2D eigenvalue weighted by Crippen LogP contribution is 2.40. The van der Waals surface area contributed by atoms with Crippen LogP contribution in [0.4, 0.5) is 10.7 Å². The molecule has 2 N–H and O–H groups in total. The molecule has 28 heavy (non-hydrogen) atoms. The SMILES string of the molecule is CCCN(CCC)c1ccc(C2NC(=O)c3c(sc4c3CCN(C)C4)N2)cc1. The molecule has 0 radical (unpaired) electrons. The number of likely N-dealkylation sites (N-methyl/N-ethyl adjacent to an activating group) is 1. The Bertz CT molecular complexity index is 839. The number of fused-ring (bicyclic) bond motifs is 3. The summed E-state index contributed by atoms with van der Waals surface area (Å²) in [6.45, 7) is 8.53. The van der Waals surface area contributed by atoms with Crippen LogP contribution in [0.2, 0.25) is 0 Å². The van der Waals surface area contributed by atoms with Crippen molar-refractivity contribution in [1.82, 2.24) is 10.2 Å². The first kappa shape index (κ1) is 19.3. The van der Waals surface area contributed by atoms with Gasteiger partial charge in [0, 0.05) is 36.7 Å². The third kappa shape index (κ3) is 3.63. The molecule has 2 aliphatic heterocycles. The van der Waals surface area contributed by atoms with Crippen molar-refractivity contribution in [1.29, 1.82) is 0 Å². The van der Waals surface area contributed by atoms with Gasteiger partial charge in [-0.3, -0.25) is 4.79 Å². The summed E-state index contributed by atoms with van der Waals surface area (Å²) in [5.41, 5.74) is 4.47. The van der Waals surface area contributed by atoms with Gasteiger partial charge in [0.25, 0.3) is 5.91 Å². The first-order chi connectivity index (χ1) is 13.6. The molecule has 1 amide bonds. The van der Waals surface area contributed by atoms with E-state index in [0.29, 0.717) is 0 Å². The third-order valence-corrected chi connectivity index (χ3v) is 6.75. The Kier molecular flexibility index (Phi) is 5.60. The molecule has 1 aromatic heterocycles. The van der Waals surface area contributed by atoms with Crippen LogP contribution in [0.3, 0.4) is 0 Å². The molecule has 3 heterocycles. The van der Waals surface area contributed by atoms with E-state index in [9.17, 15) is 4.79 Å². The van der Waals surface area contributed by atoms with Gasteiger partial charge in [0.2, 0.25) is 0 Å². The lowest BCUT2D eigenvalue weighted by molar-refractivity contribution is 0.0935. The third-order valence-electron chi connectivity index (χ3n) is 5.60. The summed E-state index contributed by atoms with van der Waals surface area (Å²) < 4.78 is 0. The van der Waals surface area contributed by atoms with Gasteiger partial charge in [-0.25, -0.2) is 0 Å². The number of nitrogens with one attached hydrogen (secondary N) is 2. The van der Waals surface area contributed by atoms with Gasteiger partial charge < -0.3 is 20.4 Å². The van der Waals surface area contributed by atoms with Crippen LogP contribution in [0, 0.1) is 0 Å². The summed E-state index contributed by atoms with van der Waals surface area (Å²) in [7, 11) is 2.14. The summed E-state index contributed by atoms with van der Waals surface area (Å²) >= 11 is 1.74. The molecule has 0 spiro atoms. The number of benzene rings is 1. The number of rotatable bonds is 6. The van der Waals surface area contributed by atoms with Crippen molar-refractivity contribution in [3.63, 3.8) is 0 Å². The quantitative estimate of drug-likeness (QED) is 0.765. The van der Waals surface area contributed by atoms with Crippen LogP contribution in [0.15, 0.2) is 24.3 Å². The second kappa shape index (κ2) is 8.13. The maximum atomic E-state index is 12.9. The van der Waals surface area contributed by atoms with Gasteiger partial charge in [-0.05, 0) is 49.6 Å². The minimum Gasteiger partial charge on any atom is -0.372 e. The summed E-state index contributed by atoms with van der Waals surface area (Å²) in [4.78, 5) is 18.9. The zero-order chi connectivity index (χ0) is 19.7. The first-order valence-corrected chi connectivity index (χ1v) is 11.2. The minimum atomic E-state index is -0.169. The zero-order valence-electron chi connectivity index (χ0n) is 17.0. The lowest BCUT2D eigenvalue weighted by Crippen LogP contribution is -2.38. The molecule has 150 valence electrons.